The highest BCUT2D eigenvalue weighted by Crippen LogP contribution is 2.49. The second kappa shape index (κ2) is 6.15. The Bertz CT molecular complexity index is 706. The maximum absolute atomic E-state index is 12.0. The van der Waals surface area contributed by atoms with Crippen LogP contribution in [0.3, 0.4) is 0 Å². The normalized spacial score (nSPS) is 19.3. The summed E-state index contributed by atoms with van der Waals surface area (Å²) in [7, 11) is 0. The molecule has 0 spiro atoms. The molecule has 2 N–H and O–H groups in total. The highest BCUT2D eigenvalue weighted by Gasteiger charge is 2.44. The molecule has 2 amide bonds. The molecule has 1 saturated carbocycles. The third-order valence-electron chi connectivity index (χ3n) is 3.63. The first-order valence-corrected chi connectivity index (χ1v) is 7.30. The Balaban J connectivity index is 1.54. The lowest BCUT2D eigenvalue weighted by Gasteiger charge is -2.07. The molecule has 1 fully saturated rings. The van der Waals surface area contributed by atoms with E-state index in [0.29, 0.717) is 5.02 Å². The smallest absolute Gasteiger partial charge is 0.273 e. The lowest BCUT2D eigenvalue weighted by atomic mass is 10.1. The van der Waals surface area contributed by atoms with Gasteiger partial charge in [0.2, 0.25) is 5.91 Å². The van der Waals surface area contributed by atoms with Gasteiger partial charge in [-0.2, -0.15) is 0 Å². The summed E-state index contributed by atoms with van der Waals surface area (Å²) in [5.41, 5.74) is 6.04. The molecule has 1 aliphatic carbocycles. The SMILES string of the molecule is O=C(NNC(=O)[C@H]1C[C@H]1c1ccccc1Cl)c1ccccn1. The average Bonchev–Trinajstić information content (AvgIpc) is 3.34. The van der Waals surface area contributed by atoms with Gasteiger partial charge in [0.25, 0.3) is 5.91 Å². The molecular formula is C16H14ClN3O2. The Kier molecular flexibility index (Phi) is 4.06. The lowest BCUT2D eigenvalue weighted by molar-refractivity contribution is -0.123. The van der Waals surface area contributed by atoms with Crippen molar-refractivity contribution in [1.82, 2.24) is 15.8 Å². The van der Waals surface area contributed by atoms with Crippen LogP contribution in [0.4, 0.5) is 0 Å². The van der Waals surface area contributed by atoms with Crippen molar-refractivity contribution in [2.24, 2.45) is 5.92 Å². The molecule has 0 aliphatic heterocycles. The summed E-state index contributed by atoms with van der Waals surface area (Å²) < 4.78 is 0. The molecule has 112 valence electrons. The van der Waals surface area contributed by atoms with Crippen molar-refractivity contribution < 1.29 is 9.59 Å². The molecule has 1 aromatic heterocycles. The molecule has 3 rings (SSSR count). The average molecular weight is 316 g/mol. The first-order valence-electron chi connectivity index (χ1n) is 6.92. The minimum absolute atomic E-state index is 0.112. The van der Waals surface area contributed by atoms with Crippen molar-refractivity contribution in [3.8, 4) is 0 Å². The topological polar surface area (TPSA) is 71.1 Å². The van der Waals surface area contributed by atoms with Crippen molar-refractivity contribution in [3.05, 3.63) is 64.9 Å². The van der Waals surface area contributed by atoms with Crippen molar-refractivity contribution in [2.45, 2.75) is 12.3 Å². The van der Waals surface area contributed by atoms with E-state index in [0.717, 1.165) is 12.0 Å². The number of rotatable bonds is 3. The molecule has 5 nitrogen and oxygen atoms in total. The van der Waals surface area contributed by atoms with E-state index in [1.54, 1.807) is 18.2 Å². The zero-order valence-electron chi connectivity index (χ0n) is 11.6. The minimum atomic E-state index is -0.441. The minimum Gasteiger partial charge on any atom is -0.273 e. The first kappa shape index (κ1) is 14.5. The third kappa shape index (κ3) is 3.09. The quantitative estimate of drug-likeness (QED) is 0.854. The van der Waals surface area contributed by atoms with Crippen LogP contribution in [-0.4, -0.2) is 16.8 Å². The predicted molar refractivity (Wildman–Crippen MR) is 82.1 cm³/mol. The fourth-order valence-electron chi connectivity index (χ4n) is 2.38. The molecule has 0 unspecified atom stereocenters. The molecule has 0 radical (unpaired) electrons. The van der Waals surface area contributed by atoms with E-state index in [-0.39, 0.29) is 23.4 Å². The van der Waals surface area contributed by atoms with E-state index >= 15 is 0 Å². The maximum atomic E-state index is 12.0. The summed E-state index contributed by atoms with van der Waals surface area (Å²) in [5, 5.41) is 0.667. The Morgan fingerprint density at radius 3 is 2.59 bits per heavy atom. The molecule has 1 aromatic carbocycles. The van der Waals surface area contributed by atoms with Gasteiger partial charge in [-0.05, 0) is 36.1 Å². The number of benzene rings is 1. The largest absolute Gasteiger partial charge is 0.288 e. The van der Waals surface area contributed by atoms with E-state index < -0.39 is 5.91 Å². The van der Waals surface area contributed by atoms with E-state index in [2.05, 4.69) is 15.8 Å². The number of aromatic nitrogens is 1. The Morgan fingerprint density at radius 1 is 1.09 bits per heavy atom. The van der Waals surface area contributed by atoms with Gasteiger partial charge in [-0.25, -0.2) is 0 Å². The van der Waals surface area contributed by atoms with E-state index in [9.17, 15) is 9.59 Å². The number of hydrazine groups is 1. The number of hydrogen-bond donors (Lipinski definition) is 2. The van der Waals surface area contributed by atoms with Crippen LogP contribution in [-0.2, 0) is 4.79 Å². The lowest BCUT2D eigenvalue weighted by Crippen LogP contribution is -2.42. The summed E-state index contributed by atoms with van der Waals surface area (Å²) in [6.07, 6.45) is 2.25. The summed E-state index contributed by atoms with van der Waals surface area (Å²) in [6, 6.07) is 12.5. The van der Waals surface area contributed by atoms with Crippen molar-refractivity contribution in [1.29, 1.82) is 0 Å². The van der Waals surface area contributed by atoms with Crippen molar-refractivity contribution >= 4 is 23.4 Å². The highest BCUT2D eigenvalue weighted by atomic mass is 35.5. The molecule has 2 aromatic rings. The molecule has 2 atom stereocenters. The van der Waals surface area contributed by atoms with Crippen molar-refractivity contribution in [2.75, 3.05) is 0 Å². The van der Waals surface area contributed by atoms with Crippen LogP contribution in [0.5, 0.6) is 0 Å². The number of halogens is 1. The molecule has 22 heavy (non-hydrogen) atoms. The summed E-state index contributed by atoms with van der Waals surface area (Å²) in [6.45, 7) is 0. The zero-order chi connectivity index (χ0) is 15.5. The van der Waals surface area contributed by atoms with Crippen LogP contribution in [0.15, 0.2) is 48.7 Å². The Hall–Kier alpha value is -2.40. The van der Waals surface area contributed by atoms with E-state index in [1.165, 1.54) is 6.20 Å². The molecule has 1 heterocycles. The molecule has 0 bridgehead atoms. The summed E-state index contributed by atoms with van der Waals surface area (Å²) in [4.78, 5) is 27.7. The van der Waals surface area contributed by atoms with Gasteiger partial charge in [0.05, 0.1) is 0 Å². The molecule has 1 aliphatic rings. The van der Waals surface area contributed by atoms with E-state index in [1.807, 2.05) is 24.3 Å². The predicted octanol–water partition coefficient (Wildman–Crippen LogP) is 2.30. The van der Waals surface area contributed by atoms with Crippen molar-refractivity contribution in [3.63, 3.8) is 0 Å². The second-order valence-corrected chi connectivity index (χ2v) is 5.54. The highest BCUT2D eigenvalue weighted by molar-refractivity contribution is 6.31. The van der Waals surface area contributed by atoms with Gasteiger partial charge in [0, 0.05) is 17.1 Å². The number of pyridine rings is 1. The maximum Gasteiger partial charge on any atom is 0.288 e. The van der Waals surface area contributed by atoms with Gasteiger partial charge in [-0.1, -0.05) is 35.9 Å². The second-order valence-electron chi connectivity index (χ2n) is 5.13. The monoisotopic (exact) mass is 315 g/mol. The summed E-state index contributed by atoms with van der Waals surface area (Å²) >= 11 is 6.13. The number of amides is 2. The third-order valence-corrected chi connectivity index (χ3v) is 3.97. The van der Waals surface area contributed by atoms with Gasteiger partial charge in [0.15, 0.2) is 0 Å². The number of carbonyl (C=O) groups is 2. The van der Waals surface area contributed by atoms with Crippen LogP contribution in [0.1, 0.15) is 28.4 Å². The number of hydrogen-bond acceptors (Lipinski definition) is 3. The number of nitrogens with one attached hydrogen (secondary N) is 2. The van der Waals surface area contributed by atoms with Crippen LogP contribution in [0, 0.1) is 5.92 Å². The summed E-state index contributed by atoms with van der Waals surface area (Å²) in [5.74, 6) is -0.706. The molecule has 6 heteroatoms. The van der Waals surface area contributed by atoms with Gasteiger partial charge in [-0.15, -0.1) is 0 Å². The first-order chi connectivity index (χ1) is 10.7. The zero-order valence-corrected chi connectivity index (χ0v) is 12.4. The van der Waals surface area contributed by atoms with Crippen LogP contribution in [0.2, 0.25) is 5.02 Å². The van der Waals surface area contributed by atoms with Gasteiger partial charge >= 0.3 is 0 Å². The van der Waals surface area contributed by atoms with Crippen LogP contribution in [0.25, 0.3) is 0 Å². The van der Waals surface area contributed by atoms with Gasteiger partial charge in [-0.3, -0.25) is 25.4 Å². The van der Waals surface area contributed by atoms with Crippen LogP contribution >= 0.6 is 11.6 Å². The standard InChI is InChI=1S/C16H14ClN3O2/c17-13-6-2-1-5-10(13)11-9-12(11)15(21)19-20-16(22)14-7-3-4-8-18-14/h1-8,11-12H,9H2,(H,19,21)(H,20,22)/t11-,12-/m0/s1. The van der Waals surface area contributed by atoms with Crippen LogP contribution < -0.4 is 10.9 Å². The van der Waals surface area contributed by atoms with Gasteiger partial charge < -0.3 is 0 Å². The fraction of sp³-hybridized carbons (Fsp3) is 0.188. The number of carbonyl (C=O) groups excluding carboxylic acids is 2. The van der Waals surface area contributed by atoms with Gasteiger partial charge in [0.1, 0.15) is 5.69 Å². The Morgan fingerprint density at radius 2 is 1.86 bits per heavy atom. The Labute approximate surface area is 132 Å². The number of nitrogens with zero attached hydrogens (tertiary/aromatic N) is 1. The fourth-order valence-corrected chi connectivity index (χ4v) is 2.65. The van der Waals surface area contributed by atoms with E-state index in [4.69, 9.17) is 11.6 Å². The molecular weight excluding hydrogens is 302 g/mol. The molecule has 0 saturated heterocycles.